The fourth-order valence-electron chi connectivity index (χ4n) is 7.56. The summed E-state index contributed by atoms with van der Waals surface area (Å²) in [6.07, 6.45) is -2.46. The zero-order chi connectivity index (χ0) is 34.6. The minimum Gasteiger partial charge on any atom is -0.444 e. The summed E-state index contributed by atoms with van der Waals surface area (Å²) in [6, 6.07) is 3.81. The molecule has 0 bridgehead atoms. The standard InChI is InChI=1S/C34H48F3N7O4/c1-21-8-10-38-29(33(46-7)19-47-20-33)28(21)24-9-11-43(17-22(24)2)26-16-27(40-30(39-26)34(35,36)37)44-18-25(23(44)3)41-12-14-42(15-13-41)31(45)48-32(4,5)6/h8,10,16,22-25H,9,11-15,17-20H2,1-7H3/t22-,23-,24-,25-/m1/s1. The molecule has 0 aliphatic carbocycles. The molecule has 2 aromatic rings. The summed E-state index contributed by atoms with van der Waals surface area (Å²) in [4.78, 5) is 33.2. The van der Waals surface area contributed by atoms with Gasteiger partial charge in [0, 0.05) is 77.3 Å². The number of aromatic nitrogens is 3. The highest BCUT2D eigenvalue weighted by Gasteiger charge is 2.47. The van der Waals surface area contributed by atoms with Crippen LogP contribution in [0.2, 0.25) is 0 Å². The van der Waals surface area contributed by atoms with E-state index in [1.165, 1.54) is 0 Å². The van der Waals surface area contributed by atoms with Gasteiger partial charge in [0.1, 0.15) is 17.2 Å². The quantitative estimate of drug-likeness (QED) is 0.424. The summed E-state index contributed by atoms with van der Waals surface area (Å²) in [6.45, 7) is 16.8. The zero-order valence-corrected chi connectivity index (χ0v) is 29.0. The van der Waals surface area contributed by atoms with Crippen LogP contribution in [0, 0.1) is 12.8 Å². The van der Waals surface area contributed by atoms with Gasteiger partial charge >= 0.3 is 12.3 Å². The molecule has 0 radical (unpaired) electrons. The number of carbonyl (C=O) groups is 1. The van der Waals surface area contributed by atoms with Crippen LogP contribution < -0.4 is 9.80 Å². The molecule has 6 heterocycles. The topological polar surface area (TPSA) is 96.4 Å². The third kappa shape index (κ3) is 6.67. The van der Waals surface area contributed by atoms with Crippen LogP contribution in [0.1, 0.15) is 69.6 Å². The van der Waals surface area contributed by atoms with Gasteiger partial charge < -0.3 is 28.9 Å². The van der Waals surface area contributed by atoms with E-state index < -0.39 is 23.2 Å². The lowest BCUT2D eigenvalue weighted by molar-refractivity contribution is -0.205. The van der Waals surface area contributed by atoms with Crippen molar-refractivity contribution in [2.45, 2.75) is 83.3 Å². The normalized spacial score (nSPS) is 26.6. The first kappa shape index (κ1) is 34.6. The predicted octanol–water partition coefficient (Wildman–Crippen LogP) is 4.83. The first-order valence-corrected chi connectivity index (χ1v) is 16.9. The maximum absolute atomic E-state index is 14.2. The number of rotatable bonds is 6. The lowest BCUT2D eigenvalue weighted by atomic mass is 9.76. The molecular weight excluding hydrogens is 627 g/mol. The number of anilines is 2. The maximum Gasteiger partial charge on any atom is 0.451 e. The molecule has 1 amide bonds. The lowest BCUT2D eigenvalue weighted by Gasteiger charge is -2.53. The number of piperidine rings is 1. The summed E-state index contributed by atoms with van der Waals surface area (Å²) in [7, 11) is 1.68. The molecule has 4 aliphatic rings. The Bertz CT molecular complexity index is 1480. The fourth-order valence-corrected chi connectivity index (χ4v) is 7.56. The molecule has 4 saturated heterocycles. The van der Waals surface area contributed by atoms with Crippen molar-refractivity contribution in [3.8, 4) is 0 Å². The third-order valence-electron chi connectivity index (χ3n) is 10.4. The van der Waals surface area contributed by atoms with Crippen molar-refractivity contribution in [1.82, 2.24) is 24.8 Å². The van der Waals surface area contributed by atoms with Crippen molar-refractivity contribution in [2.75, 3.05) is 75.9 Å². The van der Waals surface area contributed by atoms with Crippen molar-refractivity contribution in [2.24, 2.45) is 5.92 Å². The SMILES string of the molecule is COC1(c2nccc(C)c2[C@@H]2CCN(c3cc(N4C[C@@H](N5CCN(C(=O)OC(C)(C)C)CC5)[C@H]4C)nc(C(F)(F)F)n3)C[C@H]2C)COC1. The maximum atomic E-state index is 14.2. The number of hydrogen-bond acceptors (Lipinski definition) is 10. The van der Waals surface area contributed by atoms with E-state index >= 15 is 0 Å². The van der Waals surface area contributed by atoms with E-state index in [1.807, 2.05) is 43.6 Å². The van der Waals surface area contributed by atoms with E-state index in [0.29, 0.717) is 64.8 Å². The van der Waals surface area contributed by atoms with Gasteiger partial charge in [0.15, 0.2) is 5.60 Å². The predicted molar refractivity (Wildman–Crippen MR) is 174 cm³/mol. The highest BCUT2D eigenvalue weighted by molar-refractivity contribution is 5.68. The second kappa shape index (κ2) is 12.9. The summed E-state index contributed by atoms with van der Waals surface area (Å²) < 4.78 is 59.4. The monoisotopic (exact) mass is 675 g/mol. The van der Waals surface area contributed by atoms with E-state index in [0.717, 1.165) is 23.2 Å². The molecule has 14 heteroatoms. The highest BCUT2D eigenvalue weighted by Crippen LogP contribution is 2.43. The fraction of sp³-hybridized carbons (Fsp3) is 0.706. The average molecular weight is 676 g/mol. The van der Waals surface area contributed by atoms with Crippen LogP contribution in [0.4, 0.5) is 29.6 Å². The number of pyridine rings is 1. The van der Waals surface area contributed by atoms with Crippen molar-refractivity contribution in [3.63, 3.8) is 0 Å². The van der Waals surface area contributed by atoms with E-state index in [9.17, 15) is 18.0 Å². The molecule has 6 rings (SSSR count). The van der Waals surface area contributed by atoms with E-state index in [1.54, 1.807) is 24.3 Å². The molecule has 48 heavy (non-hydrogen) atoms. The molecule has 264 valence electrons. The van der Waals surface area contributed by atoms with Crippen molar-refractivity contribution in [3.05, 3.63) is 41.0 Å². The van der Waals surface area contributed by atoms with Gasteiger partial charge in [-0.05, 0) is 70.1 Å². The van der Waals surface area contributed by atoms with Crippen LogP contribution in [0.3, 0.4) is 0 Å². The van der Waals surface area contributed by atoms with E-state index in [2.05, 4.69) is 28.7 Å². The van der Waals surface area contributed by atoms with Gasteiger partial charge in [0.2, 0.25) is 5.82 Å². The molecule has 0 N–H and O–H groups in total. The number of piperazine rings is 1. The number of halogens is 3. The van der Waals surface area contributed by atoms with Crippen LogP contribution in [-0.4, -0.2) is 115 Å². The Balaban J connectivity index is 1.16. The lowest BCUT2D eigenvalue weighted by Crippen LogP contribution is -2.68. The first-order chi connectivity index (χ1) is 22.6. The first-order valence-electron chi connectivity index (χ1n) is 16.9. The smallest absolute Gasteiger partial charge is 0.444 e. The second-order valence-corrected chi connectivity index (χ2v) is 14.8. The number of carbonyl (C=O) groups excluding carboxylic acids is 1. The molecular formula is C34H48F3N7O4. The molecule has 4 fully saturated rings. The summed E-state index contributed by atoms with van der Waals surface area (Å²) in [5, 5.41) is 0. The van der Waals surface area contributed by atoms with Gasteiger partial charge in [-0.15, -0.1) is 0 Å². The van der Waals surface area contributed by atoms with Crippen LogP contribution >= 0.6 is 0 Å². The van der Waals surface area contributed by atoms with E-state index in [4.69, 9.17) is 19.2 Å². The molecule has 4 atom stereocenters. The largest absolute Gasteiger partial charge is 0.451 e. The number of hydrogen-bond donors (Lipinski definition) is 0. The molecule has 0 unspecified atom stereocenters. The molecule has 0 spiro atoms. The minimum atomic E-state index is -4.68. The minimum absolute atomic E-state index is 0.0536. The molecule has 4 aliphatic heterocycles. The number of amides is 1. The van der Waals surface area contributed by atoms with E-state index in [-0.39, 0.29) is 35.8 Å². The Morgan fingerprint density at radius 3 is 2.27 bits per heavy atom. The van der Waals surface area contributed by atoms with Gasteiger partial charge in [-0.2, -0.15) is 13.2 Å². The van der Waals surface area contributed by atoms with Crippen LogP contribution in [0.15, 0.2) is 18.3 Å². The van der Waals surface area contributed by atoms with Gasteiger partial charge in [0.25, 0.3) is 0 Å². The van der Waals surface area contributed by atoms with Crippen molar-refractivity contribution < 1.29 is 32.2 Å². The Kier molecular flexibility index (Phi) is 9.31. The number of ether oxygens (including phenoxy) is 3. The summed E-state index contributed by atoms with van der Waals surface area (Å²) in [5.74, 6) is -0.259. The molecule has 2 aromatic heterocycles. The zero-order valence-electron chi connectivity index (χ0n) is 29.0. The van der Waals surface area contributed by atoms with Gasteiger partial charge in [-0.1, -0.05) is 6.92 Å². The molecule has 0 aromatic carbocycles. The number of alkyl halides is 3. The van der Waals surface area contributed by atoms with Crippen LogP contribution in [-0.2, 0) is 26.0 Å². The highest BCUT2D eigenvalue weighted by atomic mass is 19.4. The van der Waals surface area contributed by atoms with Crippen LogP contribution in [0.25, 0.3) is 0 Å². The van der Waals surface area contributed by atoms with Crippen LogP contribution in [0.5, 0.6) is 0 Å². The van der Waals surface area contributed by atoms with Crippen molar-refractivity contribution >= 4 is 17.7 Å². The Labute approximate surface area is 280 Å². The Hall–Kier alpha value is -3.23. The summed E-state index contributed by atoms with van der Waals surface area (Å²) >= 11 is 0. The van der Waals surface area contributed by atoms with Crippen molar-refractivity contribution in [1.29, 1.82) is 0 Å². The number of methoxy groups -OCH3 is 1. The Morgan fingerprint density at radius 1 is 1.02 bits per heavy atom. The number of aryl methyl sites for hydroxylation is 1. The number of nitrogens with zero attached hydrogens (tertiary/aromatic N) is 7. The third-order valence-corrected chi connectivity index (χ3v) is 10.4. The Morgan fingerprint density at radius 2 is 1.71 bits per heavy atom. The summed E-state index contributed by atoms with van der Waals surface area (Å²) in [5.41, 5.74) is 2.06. The van der Waals surface area contributed by atoms with Gasteiger partial charge in [0.05, 0.1) is 18.9 Å². The molecule has 11 nitrogen and oxygen atoms in total. The van der Waals surface area contributed by atoms with Gasteiger partial charge in [-0.3, -0.25) is 9.88 Å². The average Bonchev–Trinajstić information content (AvgIpc) is 2.99. The molecule has 0 saturated carbocycles. The van der Waals surface area contributed by atoms with Gasteiger partial charge in [-0.25, -0.2) is 14.8 Å². The second-order valence-electron chi connectivity index (χ2n) is 14.8.